The molecule has 2 nitrogen and oxygen atoms in total. The van der Waals surface area contributed by atoms with Gasteiger partial charge in [0.25, 0.3) is 0 Å². The van der Waals surface area contributed by atoms with Crippen molar-refractivity contribution in [3.63, 3.8) is 0 Å². The summed E-state index contributed by atoms with van der Waals surface area (Å²) in [6, 6.07) is 6.42. The van der Waals surface area contributed by atoms with Crippen LogP contribution < -0.4 is 11.3 Å². The van der Waals surface area contributed by atoms with Gasteiger partial charge >= 0.3 is 0 Å². The molecular weight excluding hydrogens is 401 g/mol. The van der Waals surface area contributed by atoms with Crippen molar-refractivity contribution in [2.45, 2.75) is 6.04 Å². The summed E-state index contributed by atoms with van der Waals surface area (Å²) in [5.41, 5.74) is 2.92. The Bertz CT molecular complexity index is 650. The highest BCUT2D eigenvalue weighted by molar-refractivity contribution is 9.11. The number of hydrogen-bond acceptors (Lipinski definition) is 2. The van der Waals surface area contributed by atoms with Gasteiger partial charge in [0.05, 0.1) is 6.04 Å². The first-order chi connectivity index (χ1) is 9.45. The third-order valence-electron chi connectivity index (χ3n) is 2.81. The Morgan fingerprint density at radius 2 is 1.65 bits per heavy atom. The van der Waals surface area contributed by atoms with Crippen LogP contribution in [-0.4, -0.2) is 0 Å². The van der Waals surface area contributed by atoms with Gasteiger partial charge in [-0.1, -0.05) is 37.9 Å². The second-order valence-corrected chi connectivity index (χ2v) is 5.80. The van der Waals surface area contributed by atoms with Gasteiger partial charge in [-0.15, -0.1) is 0 Å². The Balaban J connectivity index is 2.58. The van der Waals surface area contributed by atoms with Crippen LogP contribution in [0.4, 0.5) is 13.2 Å². The number of benzene rings is 2. The first-order valence-corrected chi connectivity index (χ1v) is 7.08. The molecule has 0 saturated carbocycles. The van der Waals surface area contributed by atoms with Crippen LogP contribution in [0.3, 0.4) is 0 Å². The summed E-state index contributed by atoms with van der Waals surface area (Å²) < 4.78 is 41.6. The Morgan fingerprint density at radius 1 is 0.950 bits per heavy atom. The lowest BCUT2D eigenvalue weighted by molar-refractivity contribution is 0.433. The fourth-order valence-electron chi connectivity index (χ4n) is 1.85. The lowest BCUT2D eigenvalue weighted by Gasteiger charge is -2.19. The highest BCUT2D eigenvalue weighted by Crippen LogP contribution is 2.32. The highest BCUT2D eigenvalue weighted by Gasteiger charge is 2.23. The van der Waals surface area contributed by atoms with Crippen LogP contribution >= 0.6 is 31.9 Å². The van der Waals surface area contributed by atoms with Crippen LogP contribution in [0.5, 0.6) is 0 Å². The predicted molar refractivity (Wildman–Crippen MR) is 77.3 cm³/mol. The van der Waals surface area contributed by atoms with Crippen molar-refractivity contribution < 1.29 is 13.2 Å². The minimum absolute atomic E-state index is 0.0785. The molecule has 0 spiro atoms. The van der Waals surface area contributed by atoms with E-state index >= 15 is 0 Å². The second-order valence-electron chi connectivity index (χ2n) is 4.03. The molecule has 20 heavy (non-hydrogen) atoms. The first-order valence-electron chi connectivity index (χ1n) is 5.50. The summed E-state index contributed by atoms with van der Waals surface area (Å²) in [6.45, 7) is 0. The Kier molecular flexibility index (Phi) is 4.85. The summed E-state index contributed by atoms with van der Waals surface area (Å²) in [4.78, 5) is 0. The molecule has 0 bridgehead atoms. The van der Waals surface area contributed by atoms with E-state index in [0.29, 0.717) is 10.0 Å². The molecule has 0 heterocycles. The van der Waals surface area contributed by atoms with Crippen molar-refractivity contribution >= 4 is 31.9 Å². The van der Waals surface area contributed by atoms with E-state index in [2.05, 4.69) is 37.3 Å². The Morgan fingerprint density at radius 3 is 2.30 bits per heavy atom. The molecule has 2 aromatic carbocycles. The molecule has 0 saturated heterocycles. The maximum Gasteiger partial charge on any atom is 0.194 e. The molecular formula is C13H9Br2F3N2. The number of hydrazine groups is 1. The molecule has 0 fully saturated rings. The summed E-state index contributed by atoms with van der Waals surface area (Å²) in [6.07, 6.45) is 0. The third kappa shape index (κ3) is 2.90. The molecule has 3 N–H and O–H groups in total. The molecule has 0 radical (unpaired) electrons. The second kappa shape index (κ2) is 6.26. The Labute approximate surface area is 130 Å². The van der Waals surface area contributed by atoms with Crippen molar-refractivity contribution in [2.24, 2.45) is 5.84 Å². The van der Waals surface area contributed by atoms with Crippen LogP contribution in [0, 0.1) is 17.5 Å². The van der Waals surface area contributed by atoms with E-state index in [-0.39, 0.29) is 5.56 Å². The van der Waals surface area contributed by atoms with E-state index in [1.54, 1.807) is 18.2 Å². The monoisotopic (exact) mass is 408 g/mol. The van der Waals surface area contributed by atoms with Gasteiger partial charge in [0, 0.05) is 14.5 Å². The average molecular weight is 410 g/mol. The van der Waals surface area contributed by atoms with Crippen LogP contribution in [-0.2, 0) is 0 Å². The smallest absolute Gasteiger partial charge is 0.194 e. The van der Waals surface area contributed by atoms with Crippen LogP contribution in [0.2, 0.25) is 0 Å². The Hall–Kier alpha value is -0.890. The molecule has 106 valence electrons. The zero-order valence-corrected chi connectivity index (χ0v) is 13.1. The van der Waals surface area contributed by atoms with Crippen molar-refractivity contribution in [1.29, 1.82) is 0 Å². The average Bonchev–Trinajstić information content (AvgIpc) is 2.43. The SMILES string of the molecule is NNC(c1cc(Br)ccc1Br)c1ccc(F)c(F)c1F. The van der Waals surface area contributed by atoms with Crippen LogP contribution in [0.1, 0.15) is 17.2 Å². The van der Waals surface area contributed by atoms with E-state index in [1.165, 1.54) is 0 Å². The topological polar surface area (TPSA) is 38.0 Å². The summed E-state index contributed by atoms with van der Waals surface area (Å²) in [5.74, 6) is 1.42. The highest BCUT2D eigenvalue weighted by atomic mass is 79.9. The molecule has 0 aliphatic carbocycles. The van der Waals surface area contributed by atoms with Crippen molar-refractivity contribution in [3.05, 3.63) is 67.9 Å². The lowest BCUT2D eigenvalue weighted by atomic mass is 9.98. The van der Waals surface area contributed by atoms with Crippen molar-refractivity contribution in [1.82, 2.24) is 5.43 Å². The number of halogens is 5. The van der Waals surface area contributed by atoms with Crippen molar-refractivity contribution in [3.8, 4) is 0 Å². The zero-order valence-electron chi connectivity index (χ0n) is 9.93. The number of rotatable bonds is 3. The van der Waals surface area contributed by atoms with E-state index in [4.69, 9.17) is 5.84 Å². The molecule has 0 aromatic heterocycles. The zero-order chi connectivity index (χ0) is 14.9. The lowest BCUT2D eigenvalue weighted by Crippen LogP contribution is -2.30. The summed E-state index contributed by atoms with van der Waals surface area (Å²) >= 11 is 6.61. The van der Waals surface area contributed by atoms with Crippen LogP contribution in [0.15, 0.2) is 39.3 Å². The first kappa shape index (κ1) is 15.5. The van der Waals surface area contributed by atoms with Gasteiger partial charge < -0.3 is 0 Å². The molecule has 0 aliphatic heterocycles. The quantitative estimate of drug-likeness (QED) is 0.453. The molecule has 2 aromatic rings. The van der Waals surface area contributed by atoms with Gasteiger partial charge in [0.15, 0.2) is 17.5 Å². The molecule has 1 atom stereocenters. The maximum absolute atomic E-state index is 13.9. The third-order valence-corrected chi connectivity index (χ3v) is 4.03. The van der Waals surface area contributed by atoms with Gasteiger partial charge in [0.2, 0.25) is 0 Å². The van der Waals surface area contributed by atoms with Crippen molar-refractivity contribution in [2.75, 3.05) is 0 Å². The van der Waals surface area contributed by atoms with E-state index in [0.717, 1.165) is 16.6 Å². The molecule has 0 aliphatic rings. The van der Waals surface area contributed by atoms with Gasteiger partial charge in [-0.3, -0.25) is 5.84 Å². The van der Waals surface area contributed by atoms with Crippen LogP contribution in [0.25, 0.3) is 0 Å². The van der Waals surface area contributed by atoms with Gasteiger partial charge in [-0.2, -0.15) is 0 Å². The number of nitrogens with one attached hydrogen (secondary N) is 1. The fraction of sp³-hybridized carbons (Fsp3) is 0.0769. The maximum atomic E-state index is 13.9. The van der Waals surface area contributed by atoms with E-state index < -0.39 is 23.5 Å². The predicted octanol–water partition coefficient (Wildman–Crippen LogP) is 4.18. The standard InChI is InChI=1S/C13H9Br2F3N2/c14-6-1-3-9(15)8(5-6)13(20-19)7-2-4-10(16)12(18)11(7)17/h1-5,13,20H,19H2. The van der Waals surface area contributed by atoms with Gasteiger partial charge in [-0.05, 0) is 29.8 Å². The van der Waals surface area contributed by atoms with E-state index in [1.807, 2.05) is 0 Å². The van der Waals surface area contributed by atoms with Gasteiger partial charge in [0.1, 0.15) is 0 Å². The molecule has 1 unspecified atom stereocenters. The largest absolute Gasteiger partial charge is 0.271 e. The van der Waals surface area contributed by atoms with E-state index in [9.17, 15) is 13.2 Å². The number of nitrogens with two attached hydrogens (primary N) is 1. The summed E-state index contributed by atoms with van der Waals surface area (Å²) in [7, 11) is 0. The molecule has 7 heteroatoms. The molecule has 2 rings (SSSR count). The van der Waals surface area contributed by atoms with Gasteiger partial charge in [-0.25, -0.2) is 18.6 Å². The minimum Gasteiger partial charge on any atom is -0.271 e. The minimum atomic E-state index is -1.52. The summed E-state index contributed by atoms with van der Waals surface area (Å²) in [5, 5.41) is 0. The normalized spacial score (nSPS) is 12.5. The number of hydrogen-bond donors (Lipinski definition) is 2. The fourth-order valence-corrected chi connectivity index (χ4v) is 2.70. The molecule has 0 amide bonds.